The third-order valence-electron chi connectivity index (χ3n) is 3.92. The van der Waals surface area contributed by atoms with Crippen LogP contribution < -0.4 is 10.6 Å². The Labute approximate surface area is 157 Å². The van der Waals surface area contributed by atoms with Crippen LogP contribution in [0.1, 0.15) is 24.8 Å². The molecule has 0 atom stereocenters. The number of hydrogen-bond acceptors (Lipinski definition) is 4. The van der Waals surface area contributed by atoms with Crippen molar-refractivity contribution in [1.82, 2.24) is 4.98 Å². The van der Waals surface area contributed by atoms with Gasteiger partial charge in [0.1, 0.15) is 0 Å². The second kappa shape index (κ2) is 8.31. The van der Waals surface area contributed by atoms with Crippen LogP contribution >= 0.6 is 0 Å². The van der Waals surface area contributed by atoms with E-state index in [0.717, 1.165) is 5.56 Å². The average molecular weight is 363 g/mol. The van der Waals surface area contributed by atoms with Crippen molar-refractivity contribution >= 4 is 23.2 Å². The Bertz CT molecular complexity index is 945. The standard InChI is InChI=1S/C21H21N3O3/c1-14-6-8-16(9-7-14)19-13-22-21(27-19)11-10-20(26)24-18-5-3-4-17(12-18)23-15(2)25/h3-9,12-13H,10-11H2,1-2H3,(H,23,25)(H,24,26). The number of aryl methyl sites for hydroxylation is 2. The van der Waals surface area contributed by atoms with Crippen molar-refractivity contribution in [1.29, 1.82) is 0 Å². The van der Waals surface area contributed by atoms with Crippen molar-refractivity contribution in [3.05, 3.63) is 66.2 Å². The molecule has 0 aliphatic rings. The third-order valence-corrected chi connectivity index (χ3v) is 3.92. The molecule has 1 aromatic heterocycles. The van der Waals surface area contributed by atoms with Crippen LogP contribution in [0.15, 0.2) is 59.1 Å². The molecule has 0 bridgehead atoms. The number of nitrogens with one attached hydrogen (secondary N) is 2. The van der Waals surface area contributed by atoms with Gasteiger partial charge >= 0.3 is 0 Å². The SMILES string of the molecule is CC(=O)Nc1cccc(NC(=O)CCc2ncc(-c3ccc(C)cc3)o2)c1. The molecule has 3 aromatic rings. The third kappa shape index (κ3) is 5.28. The first kappa shape index (κ1) is 18.4. The van der Waals surface area contributed by atoms with Gasteiger partial charge in [0.25, 0.3) is 0 Å². The Balaban J connectivity index is 1.55. The van der Waals surface area contributed by atoms with Crippen molar-refractivity contribution in [3.8, 4) is 11.3 Å². The van der Waals surface area contributed by atoms with Crippen LogP contribution in [0, 0.1) is 6.92 Å². The zero-order valence-electron chi connectivity index (χ0n) is 15.3. The zero-order valence-corrected chi connectivity index (χ0v) is 15.3. The van der Waals surface area contributed by atoms with Gasteiger partial charge in [-0.15, -0.1) is 0 Å². The van der Waals surface area contributed by atoms with Gasteiger partial charge < -0.3 is 15.1 Å². The highest BCUT2D eigenvalue weighted by Gasteiger charge is 2.09. The smallest absolute Gasteiger partial charge is 0.224 e. The molecule has 0 saturated carbocycles. The molecule has 1 heterocycles. The molecule has 6 nitrogen and oxygen atoms in total. The molecule has 2 amide bonds. The number of anilines is 2. The van der Waals surface area contributed by atoms with Crippen molar-refractivity contribution in [2.75, 3.05) is 10.6 Å². The van der Waals surface area contributed by atoms with Crippen LogP contribution in [0.5, 0.6) is 0 Å². The van der Waals surface area contributed by atoms with Gasteiger partial charge in [-0.2, -0.15) is 0 Å². The Morgan fingerprint density at radius 3 is 2.44 bits per heavy atom. The molecule has 3 rings (SSSR count). The summed E-state index contributed by atoms with van der Waals surface area (Å²) in [6, 6.07) is 15.0. The fourth-order valence-electron chi connectivity index (χ4n) is 2.60. The highest BCUT2D eigenvalue weighted by molar-refractivity contribution is 5.93. The molecule has 0 aliphatic heterocycles. The van der Waals surface area contributed by atoms with E-state index in [1.807, 2.05) is 31.2 Å². The Kier molecular flexibility index (Phi) is 5.66. The second-order valence-electron chi connectivity index (χ2n) is 6.29. The lowest BCUT2D eigenvalue weighted by molar-refractivity contribution is -0.116. The van der Waals surface area contributed by atoms with Crippen molar-refractivity contribution in [3.63, 3.8) is 0 Å². The van der Waals surface area contributed by atoms with Gasteiger partial charge in [-0.05, 0) is 25.1 Å². The fraction of sp³-hybridized carbons (Fsp3) is 0.190. The normalized spacial score (nSPS) is 10.4. The first-order valence-corrected chi connectivity index (χ1v) is 8.69. The molecule has 0 radical (unpaired) electrons. The molecular weight excluding hydrogens is 342 g/mol. The van der Waals surface area contributed by atoms with Crippen LogP contribution in [0.2, 0.25) is 0 Å². The van der Waals surface area contributed by atoms with E-state index in [2.05, 4.69) is 15.6 Å². The van der Waals surface area contributed by atoms with Gasteiger partial charge in [-0.25, -0.2) is 4.98 Å². The van der Waals surface area contributed by atoms with Crippen molar-refractivity contribution in [2.45, 2.75) is 26.7 Å². The number of nitrogens with zero attached hydrogens (tertiary/aromatic N) is 1. The summed E-state index contributed by atoms with van der Waals surface area (Å²) < 4.78 is 5.73. The van der Waals surface area contributed by atoms with Crippen LogP contribution in [-0.2, 0) is 16.0 Å². The second-order valence-corrected chi connectivity index (χ2v) is 6.29. The van der Waals surface area contributed by atoms with Gasteiger partial charge in [-0.1, -0.05) is 35.9 Å². The molecule has 0 unspecified atom stereocenters. The summed E-state index contributed by atoms with van der Waals surface area (Å²) in [5.41, 5.74) is 3.39. The Hall–Kier alpha value is -3.41. The van der Waals surface area contributed by atoms with E-state index in [-0.39, 0.29) is 18.2 Å². The Morgan fingerprint density at radius 1 is 1.04 bits per heavy atom. The van der Waals surface area contributed by atoms with Gasteiger partial charge in [-0.3, -0.25) is 9.59 Å². The summed E-state index contributed by atoms with van der Waals surface area (Å²) in [5, 5.41) is 5.49. The summed E-state index contributed by atoms with van der Waals surface area (Å²) in [6.07, 6.45) is 2.33. The van der Waals surface area contributed by atoms with Crippen LogP contribution in [0.3, 0.4) is 0 Å². The largest absolute Gasteiger partial charge is 0.441 e. The summed E-state index contributed by atoms with van der Waals surface area (Å²) in [4.78, 5) is 27.5. The molecule has 0 saturated heterocycles. The number of benzene rings is 2. The predicted molar refractivity (Wildman–Crippen MR) is 104 cm³/mol. The number of amides is 2. The first-order valence-electron chi connectivity index (χ1n) is 8.69. The van der Waals surface area contributed by atoms with E-state index in [1.165, 1.54) is 12.5 Å². The minimum Gasteiger partial charge on any atom is -0.441 e. The van der Waals surface area contributed by atoms with E-state index in [1.54, 1.807) is 30.5 Å². The minimum atomic E-state index is -0.160. The number of rotatable bonds is 6. The average Bonchev–Trinajstić information content (AvgIpc) is 3.09. The van der Waals surface area contributed by atoms with Crippen LogP contribution in [0.4, 0.5) is 11.4 Å². The van der Waals surface area contributed by atoms with E-state index in [0.29, 0.717) is 29.4 Å². The number of carbonyl (C=O) groups excluding carboxylic acids is 2. The summed E-state index contributed by atoms with van der Waals surface area (Å²) in [7, 11) is 0. The molecule has 138 valence electrons. The van der Waals surface area contributed by atoms with Crippen LogP contribution in [-0.4, -0.2) is 16.8 Å². The zero-order chi connectivity index (χ0) is 19.2. The van der Waals surface area contributed by atoms with Gasteiger partial charge in [0, 0.05) is 36.7 Å². The summed E-state index contributed by atoms with van der Waals surface area (Å²) in [6.45, 7) is 3.46. The molecule has 6 heteroatoms. The first-order chi connectivity index (χ1) is 13.0. The van der Waals surface area contributed by atoms with E-state index in [9.17, 15) is 9.59 Å². The lowest BCUT2D eigenvalue weighted by atomic mass is 10.1. The van der Waals surface area contributed by atoms with Crippen molar-refractivity contribution < 1.29 is 14.0 Å². The maximum Gasteiger partial charge on any atom is 0.224 e. The van der Waals surface area contributed by atoms with Gasteiger partial charge in [0.2, 0.25) is 11.8 Å². The predicted octanol–water partition coefficient (Wildman–Crippen LogP) is 4.18. The Morgan fingerprint density at radius 2 is 1.74 bits per heavy atom. The number of carbonyl (C=O) groups is 2. The summed E-state index contributed by atoms with van der Waals surface area (Å²) >= 11 is 0. The van der Waals surface area contributed by atoms with Crippen LogP contribution in [0.25, 0.3) is 11.3 Å². The lowest BCUT2D eigenvalue weighted by Crippen LogP contribution is -2.13. The molecule has 2 N–H and O–H groups in total. The maximum absolute atomic E-state index is 12.2. The van der Waals surface area contributed by atoms with Crippen molar-refractivity contribution in [2.24, 2.45) is 0 Å². The highest BCUT2D eigenvalue weighted by atomic mass is 16.4. The number of aromatic nitrogens is 1. The monoisotopic (exact) mass is 363 g/mol. The molecule has 0 fully saturated rings. The van der Waals surface area contributed by atoms with E-state index >= 15 is 0 Å². The number of oxazole rings is 1. The van der Waals surface area contributed by atoms with Gasteiger partial charge in [0.05, 0.1) is 6.20 Å². The maximum atomic E-state index is 12.2. The highest BCUT2D eigenvalue weighted by Crippen LogP contribution is 2.21. The fourth-order valence-corrected chi connectivity index (χ4v) is 2.60. The number of hydrogen-bond donors (Lipinski definition) is 2. The molecular formula is C21H21N3O3. The van der Waals surface area contributed by atoms with Gasteiger partial charge in [0.15, 0.2) is 11.7 Å². The summed E-state index contributed by atoms with van der Waals surface area (Å²) in [5.74, 6) is 0.901. The quantitative estimate of drug-likeness (QED) is 0.688. The molecule has 0 spiro atoms. The topological polar surface area (TPSA) is 84.2 Å². The molecule has 0 aliphatic carbocycles. The lowest BCUT2D eigenvalue weighted by Gasteiger charge is -2.07. The van der Waals surface area contributed by atoms with E-state index in [4.69, 9.17) is 4.42 Å². The van der Waals surface area contributed by atoms with E-state index < -0.39 is 0 Å². The molecule has 2 aromatic carbocycles. The minimum absolute atomic E-state index is 0.148. The molecule has 27 heavy (non-hydrogen) atoms.